The molecule has 0 aliphatic rings. The second-order valence-electron chi connectivity index (χ2n) is 4.26. The standard InChI is InChI=1S/C13H13ClN4OS/c1-18-10(19-2)6-9(17-18)13-15-8-5-4-7(14)12(20-3)11(8)16-13/h4-6H,1-3H3,(H,15,16). The average molecular weight is 309 g/mol. The molecular weight excluding hydrogens is 296 g/mol. The van der Waals surface area contributed by atoms with Gasteiger partial charge >= 0.3 is 0 Å². The van der Waals surface area contributed by atoms with Crippen molar-refractivity contribution >= 4 is 34.4 Å². The van der Waals surface area contributed by atoms with Crippen LogP contribution in [0.5, 0.6) is 5.88 Å². The first-order valence-electron chi connectivity index (χ1n) is 5.94. The number of H-pyrrole nitrogens is 1. The predicted molar refractivity (Wildman–Crippen MR) is 81.6 cm³/mol. The summed E-state index contributed by atoms with van der Waals surface area (Å²) in [6, 6.07) is 5.64. The van der Waals surface area contributed by atoms with E-state index < -0.39 is 0 Å². The van der Waals surface area contributed by atoms with Crippen LogP contribution in [-0.2, 0) is 7.05 Å². The molecule has 1 aromatic carbocycles. The highest BCUT2D eigenvalue weighted by Crippen LogP contribution is 2.33. The average Bonchev–Trinajstić information content (AvgIpc) is 3.01. The van der Waals surface area contributed by atoms with Gasteiger partial charge in [0.05, 0.1) is 22.5 Å². The lowest BCUT2D eigenvalue weighted by molar-refractivity contribution is 0.373. The first kappa shape index (κ1) is 13.3. The number of halogens is 1. The lowest BCUT2D eigenvalue weighted by Gasteiger charge is -1.99. The Hall–Kier alpha value is -1.66. The molecular formula is C13H13ClN4OS. The molecule has 0 unspecified atom stereocenters. The van der Waals surface area contributed by atoms with Crippen molar-refractivity contribution in [3.63, 3.8) is 0 Å². The van der Waals surface area contributed by atoms with Crippen LogP contribution in [0, 0.1) is 0 Å². The van der Waals surface area contributed by atoms with Crippen LogP contribution in [0.15, 0.2) is 23.1 Å². The molecule has 2 aromatic heterocycles. The molecule has 1 N–H and O–H groups in total. The van der Waals surface area contributed by atoms with Crippen LogP contribution in [0.3, 0.4) is 0 Å². The smallest absolute Gasteiger partial charge is 0.211 e. The third kappa shape index (κ3) is 2.05. The van der Waals surface area contributed by atoms with E-state index in [1.165, 1.54) is 0 Å². The lowest BCUT2D eigenvalue weighted by atomic mass is 10.3. The van der Waals surface area contributed by atoms with Crippen LogP contribution >= 0.6 is 23.4 Å². The summed E-state index contributed by atoms with van der Waals surface area (Å²) in [5.41, 5.74) is 2.55. The SMILES string of the molecule is COc1cc(-c2nc3c(SC)c(Cl)ccc3[nH]2)nn1C. The summed E-state index contributed by atoms with van der Waals surface area (Å²) >= 11 is 7.78. The quantitative estimate of drug-likeness (QED) is 0.754. The van der Waals surface area contributed by atoms with E-state index in [0.717, 1.165) is 21.6 Å². The number of nitrogens with one attached hydrogen (secondary N) is 1. The molecule has 0 bridgehead atoms. The number of methoxy groups -OCH3 is 1. The fourth-order valence-corrected chi connectivity index (χ4v) is 3.09. The van der Waals surface area contributed by atoms with Gasteiger partial charge in [-0.3, -0.25) is 0 Å². The van der Waals surface area contributed by atoms with Gasteiger partial charge in [-0.2, -0.15) is 5.10 Å². The van der Waals surface area contributed by atoms with Crippen molar-refractivity contribution < 1.29 is 4.74 Å². The number of ether oxygens (including phenoxy) is 1. The lowest BCUT2D eigenvalue weighted by Crippen LogP contribution is -1.94. The molecule has 0 aliphatic carbocycles. The Morgan fingerprint density at radius 2 is 2.20 bits per heavy atom. The largest absolute Gasteiger partial charge is 0.481 e. The molecule has 2 heterocycles. The van der Waals surface area contributed by atoms with E-state index in [0.29, 0.717) is 16.7 Å². The van der Waals surface area contributed by atoms with E-state index in [9.17, 15) is 0 Å². The maximum atomic E-state index is 6.20. The van der Waals surface area contributed by atoms with Crippen LogP contribution < -0.4 is 4.74 Å². The minimum Gasteiger partial charge on any atom is -0.481 e. The molecule has 3 aromatic rings. The fraction of sp³-hybridized carbons (Fsp3) is 0.231. The van der Waals surface area contributed by atoms with E-state index in [4.69, 9.17) is 16.3 Å². The van der Waals surface area contributed by atoms with Crippen LogP contribution in [0.1, 0.15) is 0 Å². The molecule has 3 rings (SSSR count). The highest BCUT2D eigenvalue weighted by Gasteiger charge is 2.14. The zero-order valence-corrected chi connectivity index (χ0v) is 12.8. The van der Waals surface area contributed by atoms with Crippen LogP contribution in [0.4, 0.5) is 0 Å². The number of imidazole rings is 1. The number of aryl methyl sites for hydroxylation is 1. The van der Waals surface area contributed by atoms with Crippen molar-refractivity contribution in [3.05, 3.63) is 23.2 Å². The molecule has 0 radical (unpaired) electrons. The first-order chi connectivity index (χ1) is 9.63. The predicted octanol–water partition coefficient (Wildman–Crippen LogP) is 3.35. The maximum Gasteiger partial charge on any atom is 0.211 e. The zero-order valence-electron chi connectivity index (χ0n) is 11.3. The van der Waals surface area contributed by atoms with E-state index in [1.807, 2.05) is 31.5 Å². The molecule has 0 saturated carbocycles. The number of hydrogen-bond acceptors (Lipinski definition) is 4. The van der Waals surface area contributed by atoms with E-state index in [-0.39, 0.29) is 0 Å². The third-order valence-corrected chi connectivity index (χ3v) is 4.30. The zero-order chi connectivity index (χ0) is 14.3. The van der Waals surface area contributed by atoms with Gasteiger partial charge in [-0.05, 0) is 18.4 Å². The summed E-state index contributed by atoms with van der Waals surface area (Å²) in [5.74, 6) is 1.39. The Morgan fingerprint density at radius 1 is 1.40 bits per heavy atom. The summed E-state index contributed by atoms with van der Waals surface area (Å²) in [7, 11) is 3.44. The van der Waals surface area contributed by atoms with E-state index in [2.05, 4.69) is 15.1 Å². The Balaban J connectivity index is 2.17. The number of aromatic amines is 1. The number of hydrogen-bond donors (Lipinski definition) is 1. The minimum atomic E-state index is 0.684. The van der Waals surface area contributed by atoms with Gasteiger partial charge in [-0.1, -0.05) is 11.6 Å². The van der Waals surface area contributed by atoms with Gasteiger partial charge in [0, 0.05) is 13.1 Å². The van der Waals surface area contributed by atoms with E-state index in [1.54, 1.807) is 23.6 Å². The summed E-state index contributed by atoms with van der Waals surface area (Å²) in [6.45, 7) is 0. The van der Waals surface area contributed by atoms with E-state index >= 15 is 0 Å². The highest BCUT2D eigenvalue weighted by molar-refractivity contribution is 7.99. The van der Waals surface area contributed by atoms with Crippen molar-refractivity contribution in [2.45, 2.75) is 4.90 Å². The van der Waals surface area contributed by atoms with Gasteiger partial charge in [0.1, 0.15) is 11.2 Å². The summed E-state index contributed by atoms with van der Waals surface area (Å²) < 4.78 is 6.89. The summed E-state index contributed by atoms with van der Waals surface area (Å²) in [4.78, 5) is 8.84. The molecule has 0 spiro atoms. The third-order valence-electron chi connectivity index (χ3n) is 3.05. The Kier molecular flexibility index (Phi) is 3.35. The van der Waals surface area contributed by atoms with Gasteiger partial charge in [-0.15, -0.1) is 11.8 Å². The summed E-state index contributed by atoms with van der Waals surface area (Å²) in [5, 5.41) is 5.09. The molecule has 104 valence electrons. The van der Waals surface area contributed by atoms with Crippen molar-refractivity contribution in [2.24, 2.45) is 7.05 Å². The molecule has 0 amide bonds. The van der Waals surface area contributed by atoms with Crippen molar-refractivity contribution in [1.82, 2.24) is 19.7 Å². The molecule has 7 heteroatoms. The van der Waals surface area contributed by atoms with Crippen LogP contribution in [0.25, 0.3) is 22.6 Å². The number of thioether (sulfide) groups is 1. The molecule has 0 fully saturated rings. The minimum absolute atomic E-state index is 0.684. The molecule has 0 atom stereocenters. The highest BCUT2D eigenvalue weighted by atomic mass is 35.5. The topological polar surface area (TPSA) is 55.7 Å². The second-order valence-corrected chi connectivity index (χ2v) is 5.48. The van der Waals surface area contributed by atoms with Gasteiger partial charge in [0.25, 0.3) is 0 Å². The fourth-order valence-electron chi connectivity index (χ4n) is 2.10. The molecule has 0 aliphatic heterocycles. The Morgan fingerprint density at radius 3 is 2.85 bits per heavy atom. The van der Waals surface area contributed by atoms with Gasteiger partial charge in [-0.25, -0.2) is 9.67 Å². The normalized spacial score (nSPS) is 11.2. The second kappa shape index (κ2) is 5.03. The van der Waals surface area contributed by atoms with Crippen LogP contribution in [-0.4, -0.2) is 33.1 Å². The van der Waals surface area contributed by atoms with Crippen LogP contribution in [0.2, 0.25) is 5.02 Å². The number of rotatable bonds is 3. The molecule has 20 heavy (non-hydrogen) atoms. The van der Waals surface area contributed by atoms with Crippen molar-refractivity contribution in [2.75, 3.05) is 13.4 Å². The Labute approximate surface area is 125 Å². The number of nitrogens with zero attached hydrogens (tertiary/aromatic N) is 3. The molecule has 5 nitrogen and oxygen atoms in total. The van der Waals surface area contributed by atoms with Gasteiger partial charge < -0.3 is 9.72 Å². The monoisotopic (exact) mass is 308 g/mol. The van der Waals surface area contributed by atoms with Gasteiger partial charge in [0.15, 0.2) is 5.82 Å². The van der Waals surface area contributed by atoms with Crippen molar-refractivity contribution in [3.8, 4) is 17.4 Å². The van der Waals surface area contributed by atoms with Gasteiger partial charge in [0.2, 0.25) is 5.88 Å². The van der Waals surface area contributed by atoms with Crippen molar-refractivity contribution in [1.29, 1.82) is 0 Å². The first-order valence-corrected chi connectivity index (χ1v) is 7.55. The maximum absolute atomic E-state index is 6.20. The number of aromatic nitrogens is 4. The summed E-state index contributed by atoms with van der Waals surface area (Å²) in [6.07, 6.45) is 1.98. The molecule has 0 saturated heterocycles. The number of benzene rings is 1. The Bertz CT molecular complexity index is 780. The number of fused-ring (bicyclic) bond motifs is 1.